The molecule has 20 heteroatoms. The third kappa shape index (κ3) is 32.1. The number of fused-ring (bicyclic) bond motifs is 6. The third-order valence-electron chi connectivity index (χ3n) is 19.2. The number of hydrogen-bond acceptors (Lipinski definition) is 17. The molecule has 0 spiro atoms. The number of carbonyl (C=O) groups excluding carboxylic acids is 3. The van der Waals surface area contributed by atoms with Gasteiger partial charge in [0.25, 0.3) is 0 Å². The minimum atomic E-state index is -1.91. The SMILES string of the molecule is CO[Si](C)(CCCSCCC1CN2CCC1C[C@H]2CCC(=O)CC(C)(C)C)OC.CO[Si](C)(CCCSCCC1CN2CCC1C[C@H]2COC(=O)CC(C)(C)C)OC.CO[Si](C)(CCCSCCCCC(=O)OC1CCCN(Cc2ccccc2)C1)OC. The molecule has 7 unspecified atom stereocenters. The number of rotatable bonds is 39. The molecule has 0 radical (unpaired) electrons. The highest BCUT2D eigenvalue weighted by atomic mass is 32.2. The van der Waals surface area contributed by atoms with Crippen LogP contribution in [0.15, 0.2) is 30.3 Å². The Morgan fingerprint density at radius 2 is 1.01 bits per heavy atom. The molecular formula is C68H127N3O11S3Si3. The molecule has 7 aliphatic rings. The molecule has 1 aromatic rings. The molecule has 0 N–H and O–H groups in total. The highest BCUT2D eigenvalue weighted by Gasteiger charge is 2.42. The molecular weight excluding hydrogens is 1220 g/mol. The van der Waals surface area contributed by atoms with Gasteiger partial charge in [-0.05, 0) is 222 Å². The molecule has 7 fully saturated rings. The van der Waals surface area contributed by atoms with Crippen molar-refractivity contribution in [2.75, 3.05) is 123 Å². The molecule has 9 atom stereocenters. The van der Waals surface area contributed by atoms with Crippen LogP contribution < -0.4 is 0 Å². The summed E-state index contributed by atoms with van der Waals surface area (Å²) in [7, 11) is 4.91. The first-order chi connectivity index (χ1) is 41.9. The molecule has 88 heavy (non-hydrogen) atoms. The van der Waals surface area contributed by atoms with E-state index in [1.165, 1.54) is 106 Å². The van der Waals surface area contributed by atoms with Gasteiger partial charge in [0.05, 0.1) is 6.42 Å². The summed E-state index contributed by atoms with van der Waals surface area (Å²) in [4.78, 5) is 44.2. The molecule has 510 valence electrons. The van der Waals surface area contributed by atoms with Gasteiger partial charge in [-0.3, -0.25) is 24.2 Å². The molecule has 7 saturated heterocycles. The average Bonchev–Trinajstić information content (AvgIpc) is 1.06. The maximum Gasteiger partial charge on any atom is 0.334 e. The standard InChI is InChI=1S/C23H39NO4SSi.C23H45NO3SSi.C22H43NO4SSi/c1-26-30(3,27-2)18-10-17-29-16-8-7-14-23(25)28-22-13-9-15-24(20-22)19-21-11-5-4-6-12-21;1-23(2,3)17-22(25)9-8-21-16-19-10-12-24(21)18-20(19)11-14-28-13-7-15-29(6,26-4)27-5;1-22(2,3)15-21(24)27-17-20-14-18-8-10-23(20)16-19(18)9-12-28-11-7-13-29(6,25-4)26-5/h4-6,11-12,22H,7-10,13-20H2,1-3H3;19-21H,7-18H2,1-6H3;18-20H,7-17H2,1-6H3/t;19?,20?,21-;18?,19?,20-/m.10/s1. The van der Waals surface area contributed by atoms with Crippen molar-refractivity contribution < 1.29 is 50.4 Å². The second-order valence-electron chi connectivity index (χ2n) is 28.9. The maximum atomic E-state index is 12.3. The molecule has 7 aliphatic heterocycles. The summed E-state index contributed by atoms with van der Waals surface area (Å²) in [6, 6.07) is 14.8. The normalized spacial score (nSPS) is 24.1. The summed E-state index contributed by atoms with van der Waals surface area (Å²) in [6.07, 6.45) is 19.1. The van der Waals surface area contributed by atoms with E-state index < -0.39 is 25.7 Å². The molecule has 14 nitrogen and oxygen atoms in total. The van der Waals surface area contributed by atoms with Gasteiger partial charge in [-0.25, -0.2) is 0 Å². The lowest BCUT2D eigenvalue weighted by Gasteiger charge is -2.50. The fraction of sp³-hybridized carbons (Fsp3) is 0.868. The quantitative estimate of drug-likeness (QED) is 0.0351. The topological polar surface area (TPSA) is 135 Å². The summed E-state index contributed by atoms with van der Waals surface area (Å²) in [5, 5.41) is 0. The van der Waals surface area contributed by atoms with Crippen LogP contribution in [0, 0.1) is 34.5 Å². The van der Waals surface area contributed by atoms with Crippen LogP contribution in [0.4, 0.5) is 0 Å². The summed E-state index contributed by atoms with van der Waals surface area (Å²) < 4.78 is 44.7. The number of ether oxygens (including phenoxy) is 2. The van der Waals surface area contributed by atoms with E-state index in [0.717, 1.165) is 124 Å². The number of ketones is 1. The first-order valence-electron chi connectivity index (χ1n) is 34.0. The highest BCUT2D eigenvalue weighted by molar-refractivity contribution is 7.99. The lowest BCUT2D eigenvalue weighted by molar-refractivity contribution is -0.152. The summed E-state index contributed by atoms with van der Waals surface area (Å²) in [6.45, 7) is 27.4. The predicted molar refractivity (Wildman–Crippen MR) is 378 cm³/mol. The van der Waals surface area contributed by atoms with Crippen molar-refractivity contribution in [1.29, 1.82) is 0 Å². The average molecular weight is 1340 g/mol. The van der Waals surface area contributed by atoms with Crippen LogP contribution in [0.5, 0.6) is 0 Å². The minimum absolute atomic E-state index is 0.000358. The zero-order chi connectivity index (χ0) is 64.6. The van der Waals surface area contributed by atoms with Crippen molar-refractivity contribution in [3.8, 4) is 0 Å². The van der Waals surface area contributed by atoms with Gasteiger partial charge in [-0.1, -0.05) is 71.9 Å². The number of unbranched alkanes of at least 4 members (excludes halogenated alkanes) is 1. The van der Waals surface area contributed by atoms with Gasteiger partial charge >= 0.3 is 37.6 Å². The van der Waals surface area contributed by atoms with Crippen molar-refractivity contribution >= 4 is 78.7 Å². The molecule has 1 aromatic carbocycles. The van der Waals surface area contributed by atoms with E-state index in [4.69, 9.17) is 36.0 Å². The molecule has 7 heterocycles. The minimum Gasteiger partial charge on any atom is -0.464 e. The molecule has 8 rings (SSSR count). The largest absolute Gasteiger partial charge is 0.464 e. The Hall–Kier alpha value is -0.829. The van der Waals surface area contributed by atoms with Crippen LogP contribution in [0.1, 0.15) is 163 Å². The predicted octanol–water partition coefficient (Wildman–Crippen LogP) is 14.8. The number of piperidine rings is 7. The zero-order valence-corrected chi connectivity index (χ0v) is 63.7. The number of hydrogen-bond donors (Lipinski definition) is 0. The summed E-state index contributed by atoms with van der Waals surface area (Å²) in [5.74, 6) is 10.9. The van der Waals surface area contributed by atoms with Crippen LogP contribution in [0.25, 0.3) is 0 Å². The van der Waals surface area contributed by atoms with E-state index in [1.54, 1.807) is 42.7 Å². The molecule has 0 aromatic heterocycles. The van der Waals surface area contributed by atoms with E-state index >= 15 is 0 Å². The summed E-state index contributed by atoms with van der Waals surface area (Å²) in [5.41, 5.74) is 1.44. The number of thioether (sulfide) groups is 3. The second kappa shape index (κ2) is 41.9. The van der Waals surface area contributed by atoms with E-state index in [0.29, 0.717) is 37.3 Å². The Morgan fingerprint density at radius 1 is 0.534 bits per heavy atom. The van der Waals surface area contributed by atoms with E-state index in [1.807, 2.05) is 17.8 Å². The zero-order valence-electron chi connectivity index (χ0n) is 58.2. The number of benzene rings is 1. The van der Waals surface area contributed by atoms with Crippen molar-refractivity contribution in [3.05, 3.63) is 35.9 Å². The maximum absolute atomic E-state index is 12.3. The van der Waals surface area contributed by atoms with Crippen molar-refractivity contribution in [1.82, 2.24) is 14.7 Å². The number of Topliss-reactive ketones (excluding diaryl/α,β-unsaturated/α-hetero) is 1. The first-order valence-corrected chi connectivity index (χ1v) is 45.0. The van der Waals surface area contributed by atoms with Crippen LogP contribution >= 0.6 is 35.3 Å². The Labute approximate surface area is 553 Å². The molecule has 0 aliphatic carbocycles. The van der Waals surface area contributed by atoms with Crippen LogP contribution in [0.3, 0.4) is 0 Å². The second-order valence-corrected chi connectivity index (χ2v) is 43.3. The Kier molecular flexibility index (Phi) is 37.9. The monoisotopic (exact) mass is 1340 g/mol. The summed E-state index contributed by atoms with van der Waals surface area (Å²) >= 11 is 6.14. The van der Waals surface area contributed by atoms with Crippen molar-refractivity contribution in [2.45, 2.75) is 220 Å². The van der Waals surface area contributed by atoms with Crippen LogP contribution in [0.2, 0.25) is 37.8 Å². The lowest BCUT2D eigenvalue weighted by atomic mass is 9.73. The van der Waals surface area contributed by atoms with Crippen molar-refractivity contribution in [3.63, 3.8) is 0 Å². The van der Waals surface area contributed by atoms with E-state index in [-0.39, 0.29) is 28.9 Å². The Morgan fingerprint density at radius 3 is 1.48 bits per heavy atom. The number of nitrogens with zero attached hydrogens (tertiary/aromatic N) is 3. The van der Waals surface area contributed by atoms with Gasteiger partial charge in [-0.2, -0.15) is 35.3 Å². The first kappa shape index (κ1) is 79.6. The van der Waals surface area contributed by atoms with Gasteiger partial charge in [0, 0.05) is 100 Å². The number of likely N-dealkylation sites (tertiary alicyclic amines) is 1. The van der Waals surface area contributed by atoms with Gasteiger partial charge in [0.2, 0.25) is 0 Å². The van der Waals surface area contributed by atoms with Crippen LogP contribution in [-0.2, 0) is 57.0 Å². The van der Waals surface area contributed by atoms with E-state index in [9.17, 15) is 14.4 Å². The number of carbonyl (C=O) groups is 3. The number of esters is 2. The fourth-order valence-corrected chi connectivity index (χ4v) is 21.2. The van der Waals surface area contributed by atoms with Gasteiger partial charge < -0.3 is 40.9 Å². The van der Waals surface area contributed by atoms with Gasteiger partial charge in [-0.15, -0.1) is 0 Å². The smallest absolute Gasteiger partial charge is 0.334 e. The molecule has 0 saturated carbocycles. The lowest BCUT2D eigenvalue weighted by Crippen LogP contribution is -2.55. The third-order valence-corrected chi connectivity index (χ3v) is 31.5. The Bertz CT molecular complexity index is 1980. The Balaban J connectivity index is 0.000000282. The van der Waals surface area contributed by atoms with Gasteiger partial charge in [0.1, 0.15) is 18.5 Å². The van der Waals surface area contributed by atoms with Gasteiger partial charge in [0.15, 0.2) is 0 Å². The molecule has 4 bridgehead atoms. The fourth-order valence-electron chi connectivity index (χ4n) is 13.2. The van der Waals surface area contributed by atoms with Crippen LogP contribution in [-0.4, -0.2) is 199 Å². The highest BCUT2D eigenvalue weighted by Crippen LogP contribution is 2.41. The van der Waals surface area contributed by atoms with Crippen molar-refractivity contribution in [2.24, 2.45) is 34.5 Å². The molecule has 0 amide bonds. The van der Waals surface area contributed by atoms with E-state index in [2.05, 4.69) is 124 Å².